The molecule has 1 heterocycles. The minimum Gasteiger partial charge on any atom is -0.463 e. The zero-order chi connectivity index (χ0) is 30.3. The number of hydrogen-bond donors (Lipinski definition) is 0. The van der Waals surface area contributed by atoms with Crippen molar-refractivity contribution in [3.63, 3.8) is 0 Å². The van der Waals surface area contributed by atoms with Gasteiger partial charge in [0.05, 0.1) is 0 Å². The van der Waals surface area contributed by atoms with Crippen molar-refractivity contribution in [2.75, 3.05) is 6.61 Å². The molecule has 3 rings (SSSR count). The molecule has 0 N–H and O–H groups in total. The minimum absolute atomic E-state index is 0.275. The van der Waals surface area contributed by atoms with Crippen LogP contribution in [0.25, 0.3) is 0 Å². The lowest BCUT2D eigenvalue weighted by atomic mass is 9.86. The van der Waals surface area contributed by atoms with Gasteiger partial charge in [0.2, 0.25) is 0 Å². The third kappa shape index (κ3) is 8.63. The maximum Gasteiger partial charge on any atom is 0.303 e. The molecule has 1 saturated heterocycles. The molecule has 41 heavy (non-hydrogen) atoms. The molecule has 0 unspecified atom stereocenters. The van der Waals surface area contributed by atoms with E-state index in [1.807, 2.05) is 19.1 Å². The number of halogens is 1. The molecule has 0 spiro atoms. The van der Waals surface area contributed by atoms with Crippen LogP contribution in [0.5, 0.6) is 0 Å². The number of hydrogen-bond acceptors (Lipinski definition) is 9. The molecule has 0 amide bonds. The number of aryl methyl sites for hydroxylation is 2. The summed E-state index contributed by atoms with van der Waals surface area (Å²) in [6.07, 6.45) is -3.34. The molecule has 2 aromatic rings. The zero-order valence-electron chi connectivity index (χ0n) is 24.2. The third-order valence-corrected chi connectivity index (χ3v) is 7.55. The predicted octanol–water partition coefficient (Wildman–Crippen LogP) is 4.96. The fraction of sp³-hybridized carbons (Fsp3) is 0.484. The maximum absolute atomic E-state index is 12.3. The molecule has 2 aromatic carbocycles. The highest BCUT2D eigenvalue weighted by atomic mass is 79.9. The Labute approximate surface area is 248 Å². The molecule has 1 fully saturated rings. The van der Waals surface area contributed by atoms with Crippen LogP contribution in [0.2, 0.25) is 0 Å². The van der Waals surface area contributed by atoms with Gasteiger partial charge in [-0.1, -0.05) is 60.1 Å². The van der Waals surface area contributed by atoms with E-state index in [-0.39, 0.29) is 6.61 Å². The summed E-state index contributed by atoms with van der Waals surface area (Å²) in [4.78, 5) is 48.3. The first-order valence-corrected chi connectivity index (χ1v) is 14.4. The lowest BCUT2D eigenvalue weighted by Crippen LogP contribution is -2.59. The lowest BCUT2D eigenvalue weighted by molar-refractivity contribution is -0.254. The first-order chi connectivity index (χ1) is 19.4. The van der Waals surface area contributed by atoms with Crippen molar-refractivity contribution in [3.8, 4) is 0 Å². The maximum atomic E-state index is 12.3. The summed E-state index contributed by atoms with van der Waals surface area (Å²) in [5.74, 6) is -2.53. The molecular weight excluding hydrogens is 596 g/mol. The van der Waals surface area contributed by atoms with Gasteiger partial charge in [-0.2, -0.15) is 0 Å². The Morgan fingerprint density at radius 1 is 0.732 bits per heavy atom. The van der Waals surface area contributed by atoms with Gasteiger partial charge in [-0.05, 0) is 53.1 Å². The summed E-state index contributed by atoms with van der Waals surface area (Å²) in [5.41, 5.74) is 4.94. The topological polar surface area (TPSA) is 114 Å². The van der Waals surface area contributed by atoms with E-state index < -0.39 is 54.4 Å². The van der Waals surface area contributed by atoms with Crippen LogP contribution in [0.15, 0.2) is 40.9 Å². The van der Waals surface area contributed by atoms with E-state index in [1.54, 1.807) is 0 Å². The van der Waals surface area contributed by atoms with Crippen LogP contribution in [0, 0.1) is 0 Å². The molecular formula is C31H37BrO9. The van der Waals surface area contributed by atoms with E-state index in [0.29, 0.717) is 18.4 Å². The number of benzene rings is 2. The summed E-state index contributed by atoms with van der Waals surface area (Å²) >= 11 is 3.71. The first-order valence-electron chi connectivity index (χ1n) is 13.6. The average Bonchev–Trinajstić information content (AvgIpc) is 2.90. The second kappa shape index (κ2) is 14.6. The Kier molecular flexibility index (Phi) is 11.5. The highest BCUT2D eigenvalue weighted by molar-refractivity contribution is 9.10. The highest BCUT2D eigenvalue weighted by Crippen LogP contribution is 2.40. The van der Waals surface area contributed by atoms with E-state index in [1.165, 1.54) is 33.3 Å². The summed E-state index contributed by atoms with van der Waals surface area (Å²) < 4.78 is 29.4. The van der Waals surface area contributed by atoms with Crippen LogP contribution >= 0.6 is 15.9 Å². The van der Waals surface area contributed by atoms with Crippen LogP contribution in [0.3, 0.4) is 0 Å². The minimum atomic E-state index is -1.22. The Bertz CT molecular complexity index is 1260. The van der Waals surface area contributed by atoms with Gasteiger partial charge < -0.3 is 23.7 Å². The van der Waals surface area contributed by atoms with Crippen molar-refractivity contribution in [1.82, 2.24) is 0 Å². The van der Waals surface area contributed by atoms with Gasteiger partial charge in [0.25, 0.3) is 0 Å². The van der Waals surface area contributed by atoms with Crippen molar-refractivity contribution >= 4 is 39.8 Å². The molecule has 1 aliphatic heterocycles. The van der Waals surface area contributed by atoms with E-state index in [2.05, 4.69) is 47.1 Å². The largest absolute Gasteiger partial charge is 0.463 e. The van der Waals surface area contributed by atoms with Gasteiger partial charge in [-0.25, -0.2) is 0 Å². The molecule has 0 aromatic heterocycles. The Morgan fingerprint density at radius 3 is 1.83 bits per heavy atom. The van der Waals surface area contributed by atoms with Gasteiger partial charge in [0.15, 0.2) is 18.3 Å². The Hall–Kier alpha value is -3.24. The van der Waals surface area contributed by atoms with Crippen molar-refractivity contribution in [3.05, 3.63) is 68.7 Å². The molecule has 0 radical (unpaired) electrons. The fourth-order valence-corrected chi connectivity index (χ4v) is 5.51. The highest BCUT2D eigenvalue weighted by Gasteiger charge is 2.53. The summed E-state index contributed by atoms with van der Waals surface area (Å²) in [6, 6.07) is 12.4. The second-order valence-electron chi connectivity index (χ2n) is 9.96. The first kappa shape index (κ1) is 32.3. The monoisotopic (exact) mass is 632 g/mol. The van der Waals surface area contributed by atoms with Gasteiger partial charge in [0.1, 0.15) is 18.8 Å². The van der Waals surface area contributed by atoms with Gasteiger partial charge in [0, 0.05) is 32.2 Å². The van der Waals surface area contributed by atoms with Gasteiger partial charge in [-0.15, -0.1) is 0 Å². The molecule has 10 heteroatoms. The van der Waals surface area contributed by atoms with Gasteiger partial charge in [-0.3, -0.25) is 19.2 Å². The normalized spacial score (nSPS) is 22.0. The number of carbonyl (C=O) groups excluding carboxylic acids is 4. The number of rotatable bonds is 10. The van der Waals surface area contributed by atoms with Crippen LogP contribution in [-0.2, 0) is 62.1 Å². The number of ether oxygens (including phenoxy) is 5. The van der Waals surface area contributed by atoms with Crippen LogP contribution in [0.4, 0.5) is 0 Å². The van der Waals surface area contributed by atoms with Gasteiger partial charge >= 0.3 is 23.9 Å². The molecule has 5 atom stereocenters. The smallest absolute Gasteiger partial charge is 0.303 e. The second-order valence-corrected chi connectivity index (χ2v) is 10.8. The summed E-state index contributed by atoms with van der Waals surface area (Å²) in [7, 11) is 0. The summed E-state index contributed by atoms with van der Waals surface area (Å²) in [6.45, 7) is 8.71. The SMILES string of the molecule is CCc1ccc(Cc2cc([C@@H]3O[C@H](COC(C)=O)[C@@H](OC(C)=O)[C@H](OC(C)=O)[C@H]3OC(C)=O)c(CC)cc2Br)cc1. The lowest BCUT2D eigenvalue weighted by Gasteiger charge is -2.45. The fourth-order valence-electron chi connectivity index (χ4n) is 4.98. The zero-order valence-corrected chi connectivity index (χ0v) is 25.8. The predicted molar refractivity (Wildman–Crippen MR) is 153 cm³/mol. The molecule has 1 aliphatic rings. The Balaban J connectivity index is 2.14. The average molecular weight is 634 g/mol. The molecule has 9 nitrogen and oxygen atoms in total. The molecule has 0 aliphatic carbocycles. The van der Waals surface area contributed by atoms with Crippen molar-refractivity contribution in [2.45, 2.75) is 91.3 Å². The third-order valence-electron chi connectivity index (χ3n) is 6.81. The van der Waals surface area contributed by atoms with E-state index in [0.717, 1.165) is 27.6 Å². The van der Waals surface area contributed by atoms with Crippen LogP contribution in [0.1, 0.15) is 75.5 Å². The molecule has 0 bridgehead atoms. The number of carbonyl (C=O) groups is 4. The van der Waals surface area contributed by atoms with E-state index >= 15 is 0 Å². The van der Waals surface area contributed by atoms with Crippen LogP contribution < -0.4 is 0 Å². The molecule has 222 valence electrons. The van der Waals surface area contributed by atoms with Crippen LogP contribution in [-0.4, -0.2) is 54.9 Å². The molecule has 0 saturated carbocycles. The van der Waals surface area contributed by atoms with Crippen molar-refractivity contribution < 1.29 is 42.9 Å². The quantitative estimate of drug-likeness (QED) is 0.265. The standard InChI is InChI=1S/C31H37BrO9/c1-7-21-9-11-22(12-10-21)13-24-14-25(23(8-2)15-26(24)32)28-30(39-19(5)35)31(40-20(6)36)29(38-18(4)34)27(41-28)16-37-17(3)33/h9-12,14-15,27-31H,7-8,13,16H2,1-6H3/t27-,28+,29-,30+,31+/m1/s1. The van der Waals surface area contributed by atoms with E-state index in [9.17, 15) is 19.2 Å². The summed E-state index contributed by atoms with van der Waals surface area (Å²) in [5, 5.41) is 0. The van der Waals surface area contributed by atoms with Crippen molar-refractivity contribution in [2.24, 2.45) is 0 Å². The number of esters is 4. The van der Waals surface area contributed by atoms with Crippen molar-refractivity contribution in [1.29, 1.82) is 0 Å². The Morgan fingerprint density at radius 2 is 1.29 bits per heavy atom. The van der Waals surface area contributed by atoms with E-state index in [4.69, 9.17) is 23.7 Å².